The topological polar surface area (TPSA) is 71.1 Å². The van der Waals surface area contributed by atoms with Gasteiger partial charge in [0.1, 0.15) is 5.69 Å². The second kappa shape index (κ2) is 7.58. The number of halogens is 1. The first-order valence-corrected chi connectivity index (χ1v) is 9.09. The van der Waals surface area contributed by atoms with Gasteiger partial charge in [0.25, 0.3) is 11.8 Å². The average Bonchev–Trinajstić information content (AvgIpc) is 3.07. The Kier molecular flexibility index (Phi) is 5.25. The zero-order valence-corrected chi connectivity index (χ0v) is 15.6. The number of thiazole rings is 1. The lowest BCUT2D eigenvalue weighted by Gasteiger charge is -2.05. The molecule has 0 radical (unpaired) electrons. The predicted octanol–water partition coefficient (Wildman–Crippen LogP) is 4.72. The van der Waals surface area contributed by atoms with E-state index in [1.54, 1.807) is 35.7 Å². The van der Waals surface area contributed by atoms with Gasteiger partial charge in [0.2, 0.25) is 0 Å². The Bertz CT molecular complexity index is 925. The third-order valence-electron chi connectivity index (χ3n) is 3.41. The van der Waals surface area contributed by atoms with Gasteiger partial charge in [0.15, 0.2) is 5.13 Å². The number of hydrogen-bond donors (Lipinski definition) is 2. The second-order valence-corrected chi connectivity index (χ2v) is 6.99. The van der Waals surface area contributed by atoms with Crippen LogP contribution in [0.2, 0.25) is 0 Å². The van der Waals surface area contributed by atoms with Crippen molar-refractivity contribution in [1.29, 1.82) is 0 Å². The maximum Gasteiger partial charge on any atom is 0.275 e. The van der Waals surface area contributed by atoms with Crippen molar-refractivity contribution in [2.24, 2.45) is 0 Å². The van der Waals surface area contributed by atoms with E-state index in [0.29, 0.717) is 16.4 Å². The van der Waals surface area contributed by atoms with Crippen LogP contribution < -0.4 is 10.6 Å². The van der Waals surface area contributed by atoms with Gasteiger partial charge in [-0.05, 0) is 42.8 Å². The fourth-order valence-electron chi connectivity index (χ4n) is 2.11. The number of benzene rings is 2. The predicted molar refractivity (Wildman–Crippen MR) is 103 cm³/mol. The number of aromatic nitrogens is 1. The van der Waals surface area contributed by atoms with Crippen LogP contribution in [0.1, 0.15) is 26.4 Å². The minimum Gasteiger partial charge on any atom is -0.321 e. The third-order valence-corrected chi connectivity index (χ3v) is 5.06. The molecule has 1 heterocycles. The summed E-state index contributed by atoms with van der Waals surface area (Å²) in [6.45, 7) is 1.94. The van der Waals surface area contributed by atoms with Crippen molar-refractivity contribution in [3.05, 3.63) is 75.2 Å². The van der Waals surface area contributed by atoms with Gasteiger partial charge in [0.05, 0.1) is 0 Å². The Morgan fingerprint density at radius 3 is 2.52 bits per heavy atom. The lowest BCUT2D eigenvalue weighted by molar-refractivity contribution is 0.101. The summed E-state index contributed by atoms with van der Waals surface area (Å²) in [5, 5.41) is 7.49. The van der Waals surface area contributed by atoms with Crippen LogP contribution >= 0.6 is 27.3 Å². The fraction of sp³-hybridized carbons (Fsp3) is 0.0556. The summed E-state index contributed by atoms with van der Waals surface area (Å²) >= 11 is 4.63. The largest absolute Gasteiger partial charge is 0.321 e. The molecule has 0 bridgehead atoms. The van der Waals surface area contributed by atoms with Gasteiger partial charge in [-0.2, -0.15) is 0 Å². The van der Waals surface area contributed by atoms with Gasteiger partial charge >= 0.3 is 0 Å². The van der Waals surface area contributed by atoms with E-state index < -0.39 is 0 Å². The van der Waals surface area contributed by atoms with E-state index >= 15 is 0 Å². The Balaban J connectivity index is 1.67. The number of nitrogens with zero attached hydrogens (tertiary/aromatic N) is 1. The molecule has 0 aliphatic rings. The molecule has 126 valence electrons. The normalized spacial score (nSPS) is 10.3. The van der Waals surface area contributed by atoms with Crippen LogP contribution in [0.15, 0.2) is 58.4 Å². The first-order valence-electron chi connectivity index (χ1n) is 7.42. The molecule has 0 spiro atoms. The van der Waals surface area contributed by atoms with E-state index in [9.17, 15) is 9.59 Å². The molecular formula is C18H14BrN3O2S. The van der Waals surface area contributed by atoms with Crippen molar-refractivity contribution in [1.82, 2.24) is 4.98 Å². The van der Waals surface area contributed by atoms with Gasteiger partial charge in [-0.1, -0.05) is 34.1 Å². The molecule has 3 rings (SSSR count). The van der Waals surface area contributed by atoms with Gasteiger partial charge in [-0.15, -0.1) is 11.3 Å². The van der Waals surface area contributed by atoms with Crippen molar-refractivity contribution < 1.29 is 9.59 Å². The Morgan fingerprint density at radius 2 is 1.80 bits per heavy atom. The molecule has 0 saturated carbocycles. The number of anilines is 2. The zero-order valence-electron chi connectivity index (χ0n) is 13.2. The van der Waals surface area contributed by atoms with Crippen molar-refractivity contribution in [2.45, 2.75) is 6.92 Å². The highest BCUT2D eigenvalue weighted by atomic mass is 79.9. The Labute approximate surface area is 157 Å². The molecule has 0 atom stereocenters. The molecule has 3 aromatic rings. The summed E-state index contributed by atoms with van der Waals surface area (Å²) in [7, 11) is 0. The number of nitrogens with one attached hydrogen (secondary N) is 2. The van der Waals surface area contributed by atoms with Crippen LogP contribution in [0.3, 0.4) is 0 Å². The van der Waals surface area contributed by atoms with Crippen LogP contribution in [-0.2, 0) is 0 Å². The maximum absolute atomic E-state index is 12.3. The average molecular weight is 416 g/mol. The summed E-state index contributed by atoms with van der Waals surface area (Å²) in [5.41, 5.74) is 2.50. The van der Waals surface area contributed by atoms with E-state index in [-0.39, 0.29) is 17.5 Å². The van der Waals surface area contributed by atoms with E-state index in [1.807, 2.05) is 25.1 Å². The van der Waals surface area contributed by atoms with Crippen molar-refractivity contribution in [2.75, 3.05) is 10.6 Å². The molecular weight excluding hydrogens is 402 g/mol. The van der Waals surface area contributed by atoms with E-state index in [4.69, 9.17) is 0 Å². The van der Waals surface area contributed by atoms with Crippen LogP contribution in [-0.4, -0.2) is 16.8 Å². The minimum absolute atomic E-state index is 0.258. The molecule has 0 aliphatic heterocycles. The van der Waals surface area contributed by atoms with Crippen molar-refractivity contribution >= 4 is 49.9 Å². The monoisotopic (exact) mass is 415 g/mol. The summed E-state index contributed by atoms with van der Waals surface area (Å²) in [6.07, 6.45) is 0. The van der Waals surface area contributed by atoms with E-state index in [2.05, 4.69) is 31.5 Å². The van der Waals surface area contributed by atoms with Crippen molar-refractivity contribution in [3.63, 3.8) is 0 Å². The summed E-state index contributed by atoms with van der Waals surface area (Å²) < 4.78 is 0.977. The molecule has 2 aromatic carbocycles. The van der Waals surface area contributed by atoms with Gasteiger partial charge in [-0.3, -0.25) is 14.9 Å². The van der Waals surface area contributed by atoms with E-state index in [0.717, 1.165) is 10.0 Å². The lowest BCUT2D eigenvalue weighted by atomic mass is 10.2. The highest BCUT2D eigenvalue weighted by molar-refractivity contribution is 9.10. The molecule has 2 amide bonds. The summed E-state index contributed by atoms with van der Waals surface area (Å²) in [5.74, 6) is -0.580. The first kappa shape index (κ1) is 17.3. The minimum atomic E-state index is -0.321. The third kappa shape index (κ3) is 4.32. The fourth-order valence-corrected chi connectivity index (χ4v) is 3.04. The number of aryl methyl sites for hydroxylation is 1. The molecule has 5 nitrogen and oxygen atoms in total. The molecule has 1 aromatic heterocycles. The molecule has 25 heavy (non-hydrogen) atoms. The summed E-state index contributed by atoms with van der Waals surface area (Å²) in [6, 6.07) is 14.4. The number of rotatable bonds is 4. The number of carbonyl (C=O) groups is 2. The van der Waals surface area contributed by atoms with Gasteiger partial charge in [-0.25, -0.2) is 4.98 Å². The van der Waals surface area contributed by atoms with Crippen LogP contribution in [0.25, 0.3) is 0 Å². The molecule has 0 saturated heterocycles. The summed E-state index contributed by atoms with van der Waals surface area (Å²) in [4.78, 5) is 28.6. The van der Waals surface area contributed by atoms with Crippen LogP contribution in [0.5, 0.6) is 0 Å². The molecule has 0 unspecified atom stereocenters. The van der Waals surface area contributed by atoms with Crippen molar-refractivity contribution in [3.8, 4) is 0 Å². The van der Waals surface area contributed by atoms with Gasteiger partial charge in [0, 0.05) is 21.1 Å². The lowest BCUT2D eigenvalue weighted by Crippen LogP contribution is -2.14. The number of amides is 2. The van der Waals surface area contributed by atoms with Crippen LogP contribution in [0, 0.1) is 6.92 Å². The highest BCUT2D eigenvalue weighted by Gasteiger charge is 2.13. The zero-order chi connectivity index (χ0) is 17.8. The second-order valence-electron chi connectivity index (χ2n) is 5.28. The molecule has 2 N–H and O–H groups in total. The maximum atomic E-state index is 12.3. The molecule has 0 aliphatic carbocycles. The Morgan fingerprint density at radius 1 is 1.04 bits per heavy atom. The van der Waals surface area contributed by atoms with Gasteiger partial charge < -0.3 is 5.32 Å². The quantitative estimate of drug-likeness (QED) is 0.647. The SMILES string of the molecule is Cc1cc(NC(=O)c2csc(NC(=O)c3ccccc3)n2)ccc1Br. The standard InChI is InChI=1S/C18H14BrN3O2S/c1-11-9-13(7-8-14(11)19)20-17(24)15-10-25-18(21-15)22-16(23)12-5-3-2-4-6-12/h2-10H,1H3,(H,20,24)(H,21,22,23). The Hall–Kier alpha value is -2.51. The number of hydrogen-bond acceptors (Lipinski definition) is 4. The van der Waals surface area contributed by atoms with Crippen LogP contribution in [0.4, 0.5) is 10.8 Å². The first-order chi connectivity index (χ1) is 12.0. The highest BCUT2D eigenvalue weighted by Crippen LogP contribution is 2.21. The molecule has 0 fully saturated rings. The van der Waals surface area contributed by atoms with E-state index in [1.165, 1.54) is 11.3 Å². The smallest absolute Gasteiger partial charge is 0.275 e. The number of carbonyl (C=O) groups excluding carboxylic acids is 2. The molecule has 7 heteroatoms.